The number of halogens is 1. The molecule has 0 aliphatic carbocycles. The molecule has 0 spiro atoms. The van der Waals surface area contributed by atoms with Crippen molar-refractivity contribution in [3.8, 4) is 0 Å². The zero-order valence-electron chi connectivity index (χ0n) is 10.6. The van der Waals surface area contributed by atoms with Crippen LogP contribution < -0.4 is 0 Å². The third kappa shape index (κ3) is 12.3. The van der Waals surface area contributed by atoms with E-state index in [9.17, 15) is 5.11 Å². The van der Waals surface area contributed by atoms with Gasteiger partial charge in [-0.3, -0.25) is 0 Å². The number of allylic oxidation sites excluding steroid dienone is 1. The van der Waals surface area contributed by atoms with Crippen molar-refractivity contribution in [3.63, 3.8) is 0 Å². The Bertz CT molecular complexity index is 157. The van der Waals surface area contributed by atoms with Gasteiger partial charge in [-0.15, -0.1) is 0 Å². The van der Waals surface area contributed by atoms with Crippen LogP contribution in [-0.2, 0) is 0 Å². The van der Waals surface area contributed by atoms with Crippen LogP contribution in [0.1, 0.15) is 64.7 Å². The first kappa shape index (κ1) is 16.2. The van der Waals surface area contributed by atoms with Crippen LogP contribution in [0.3, 0.4) is 0 Å². The molecule has 0 aromatic carbocycles. The van der Waals surface area contributed by atoms with Gasteiger partial charge in [-0.05, 0) is 25.7 Å². The fourth-order valence-corrected chi connectivity index (χ4v) is 2.05. The molecule has 0 aliphatic heterocycles. The standard InChI is InChI=1S/C14H27BrO/c1-2-3-11-14(16)12-9-7-5-4-6-8-10-13-15/h9,12,14,16H,2-8,10-11,13H2,1H3/t14-/m1/s1. The van der Waals surface area contributed by atoms with Crippen LogP contribution in [0.5, 0.6) is 0 Å². The van der Waals surface area contributed by atoms with Crippen molar-refractivity contribution >= 4 is 15.9 Å². The SMILES string of the molecule is CCCC[C@@H](O)C=CCCCCCCCBr. The minimum Gasteiger partial charge on any atom is -0.389 e. The monoisotopic (exact) mass is 290 g/mol. The van der Waals surface area contributed by atoms with E-state index in [0.717, 1.165) is 24.6 Å². The summed E-state index contributed by atoms with van der Waals surface area (Å²) in [5, 5.41) is 10.7. The first-order valence-corrected chi connectivity index (χ1v) is 7.84. The van der Waals surface area contributed by atoms with Gasteiger partial charge in [-0.1, -0.05) is 67.1 Å². The van der Waals surface area contributed by atoms with Gasteiger partial charge in [-0.2, -0.15) is 0 Å². The average molecular weight is 291 g/mol. The van der Waals surface area contributed by atoms with E-state index in [1.807, 2.05) is 6.08 Å². The minimum atomic E-state index is -0.214. The molecular weight excluding hydrogens is 264 g/mol. The molecule has 0 bridgehead atoms. The maximum atomic E-state index is 9.56. The first-order chi connectivity index (χ1) is 7.81. The van der Waals surface area contributed by atoms with Crippen molar-refractivity contribution in [2.75, 3.05) is 5.33 Å². The van der Waals surface area contributed by atoms with Crippen LogP contribution in [0.25, 0.3) is 0 Å². The smallest absolute Gasteiger partial charge is 0.0720 e. The second-order valence-electron chi connectivity index (χ2n) is 4.38. The lowest BCUT2D eigenvalue weighted by atomic mass is 10.1. The van der Waals surface area contributed by atoms with Crippen LogP contribution in [0.15, 0.2) is 12.2 Å². The van der Waals surface area contributed by atoms with Gasteiger partial charge in [0.25, 0.3) is 0 Å². The van der Waals surface area contributed by atoms with Crippen molar-refractivity contribution in [2.45, 2.75) is 70.8 Å². The van der Waals surface area contributed by atoms with Crippen molar-refractivity contribution < 1.29 is 5.11 Å². The van der Waals surface area contributed by atoms with Crippen molar-refractivity contribution in [1.29, 1.82) is 0 Å². The number of hydrogen-bond donors (Lipinski definition) is 1. The molecule has 0 aromatic rings. The summed E-state index contributed by atoms with van der Waals surface area (Å²) in [4.78, 5) is 0. The summed E-state index contributed by atoms with van der Waals surface area (Å²) in [5.74, 6) is 0. The average Bonchev–Trinajstić information content (AvgIpc) is 2.30. The van der Waals surface area contributed by atoms with Crippen LogP contribution in [0.2, 0.25) is 0 Å². The zero-order chi connectivity index (χ0) is 12.1. The first-order valence-electron chi connectivity index (χ1n) is 6.72. The highest BCUT2D eigenvalue weighted by Crippen LogP contribution is 2.08. The molecule has 0 rings (SSSR count). The maximum Gasteiger partial charge on any atom is 0.0720 e. The van der Waals surface area contributed by atoms with Crippen molar-refractivity contribution in [2.24, 2.45) is 0 Å². The molecule has 0 amide bonds. The summed E-state index contributed by atoms with van der Waals surface area (Å²) in [6, 6.07) is 0. The van der Waals surface area contributed by atoms with E-state index in [2.05, 4.69) is 28.9 Å². The van der Waals surface area contributed by atoms with E-state index < -0.39 is 0 Å². The van der Waals surface area contributed by atoms with Gasteiger partial charge in [0.1, 0.15) is 0 Å². The summed E-state index contributed by atoms with van der Waals surface area (Å²) in [6.07, 6.45) is 14.8. The quantitative estimate of drug-likeness (QED) is 0.328. The Kier molecular flexibility index (Phi) is 13.4. The molecule has 2 heteroatoms. The number of hydrogen-bond acceptors (Lipinski definition) is 1. The van der Waals surface area contributed by atoms with Crippen LogP contribution in [-0.4, -0.2) is 16.5 Å². The molecule has 16 heavy (non-hydrogen) atoms. The molecular formula is C14H27BrO. The summed E-state index contributed by atoms with van der Waals surface area (Å²) in [6.45, 7) is 2.16. The summed E-state index contributed by atoms with van der Waals surface area (Å²) in [7, 11) is 0. The lowest BCUT2D eigenvalue weighted by molar-refractivity contribution is 0.209. The Morgan fingerprint density at radius 3 is 2.44 bits per heavy atom. The van der Waals surface area contributed by atoms with E-state index in [0.29, 0.717) is 0 Å². The Balaban J connectivity index is 3.20. The molecule has 0 saturated heterocycles. The highest BCUT2D eigenvalue weighted by Gasteiger charge is 1.96. The Hall–Kier alpha value is 0.180. The molecule has 0 saturated carbocycles. The normalized spacial score (nSPS) is 13.4. The third-order valence-electron chi connectivity index (χ3n) is 2.72. The van der Waals surface area contributed by atoms with E-state index in [1.165, 1.54) is 38.5 Å². The summed E-state index contributed by atoms with van der Waals surface area (Å²) < 4.78 is 0. The molecule has 0 aromatic heterocycles. The number of aliphatic hydroxyl groups is 1. The molecule has 1 atom stereocenters. The summed E-state index contributed by atoms with van der Waals surface area (Å²) in [5.41, 5.74) is 0. The zero-order valence-corrected chi connectivity index (χ0v) is 12.2. The predicted molar refractivity (Wildman–Crippen MR) is 76.2 cm³/mol. The molecule has 0 heterocycles. The molecule has 1 N–H and O–H groups in total. The van der Waals surface area contributed by atoms with Gasteiger partial charge >= 0.3 is 0 Å². The molecule has 0 aliphatic rings. The van der Waals surface area contributed by atoms with Crippen LogP contribution in [0, 0.1) is 0 Å². The summed E-state index contributed by atoms with van der Waals surface area (Å²) >= 11 is 3.44. The second-order valence-corrected chi connectivity index (χ2v) is 5.18. The van der Waals surface area contributed by atoms with Gasteiger partial charge in [-0.25, -0.2) is 0 Å². The molecule has 96 valence electrons. The third-order valence-corrected chi connectivity index (χ3v) is 3.28. The highest BCUT2D eigenvalue weighted by molar-refractivity contribution is 9.09. The fraction of sp³-hybridized carbons (Fsp3) is 0.857. The van der Waals surface area contributed by atoms with Crippen molar-refractivity contribution in [1.82, 2.24) is 0 Å². The van der Waals surface area contributed by atoms with Gasteiger partial charge < -0.3 is 5.11 Å². The number of aliphatic hydroxyl groups excluding tert-OH is 1. The lowest BCUT2D eigenvalue weighted by Gasteiger charge is -2.03. The highest BCUT2D eigenvalue weighted by atomic mass is 79.9. The Labute approximate surface area is 109 Å². The molecule has 0 fully saturated rings. The van der Waals surface area contributed by atoms with E-state index in [4.69, 9.17) is 0 Å². The van der Waals surface area contributed by atoms with Gasteiger partial charge in [0.15, 0.2) is 0 Å². The van der Waals surface area contributed by atoms with Gasteiger partial charge in [0, 0.05) is 5.33 Å². The molecule has 1 nitrogen and oxygen atoms in total. The van der Waals surface area contributed by atoms with Crippen LogP contribution >= 0.6 is 15.9 Å². The fourth-order valence-electron chi connectivity index (χ4n) is 1.65. The van der Waals surface area contributed by atoms with Crippen molar-refractivity contribution in [3.05, 3.63) is 12.2 Å². The van der Waals surface area contributed by atoms with Gasteiger partial charge in [0.2, 0.25) is 0 Å². The predicted octanol–water partition coefficient (Wildman–Crippen LogP) is 4.83. The number of alkyl halides is 1. The topological polar surface area (TPSA) is 20.2 Å². The lowest BCUT2D eigenvalue weighted by Crippen LogP contribution is -2.00. The minimum absolute atomic E-state index is 0.214. The number of unbranched alkanes of at least 4 members (excludes halogenated alkanes) is 6. The molecule has 0 unspecified atom stereocenters. The molecule has 0 radical (unpaired) electrons. The van der Waals surface area contributed by atoms with Gasteiger partial charge in [0.05, 0.1) is 6.10 Å². The van der Waals surface area contributed by atoms with E-state index in [1.54, 1.807) is 0 Å². The Morgan fingerprint density at radius 2 is 1.75 bits per heavy atom. The Morgan fingerprint density at radius 1 is 1.06 bits per heavy atom. The van der Waals surface area contributed by atoms with Crippen LogP contribution in [0.4, 0.5) is 0 Å². The van der Waals surface area contributed by atoms with E-state index in [-0.39, 0.29) is 6.10 Å². The number of rotatable bonds is 11. The second kappa shape index (κ2) is 13.2. The van der Waals surface area contributed by atoms with E-state index >= 15 is 0 Å². The maximum absolute atomic E-state index is 9.56. The largest absolute Gasteiger partial charge is 0.389 e.